The number of ether oxygens (including phenoxy) is 2. The normalized spacial score (nSPS) is 10.5. The third kappa shape index (κ3) is 4.74. The van der Waals surface area contributed by atoms with E-state index in [1.54, 1.807) is 24.3 Å². The zero-order valence-electron chi connectivity index (χ0n) is 13.9. The average molecular weight is 388 g/mol. The second-order valence-corrected chi connectivity index (χ2v) is 7.40. The molecule has 1 amide bonds. The first kappa shape index (κ1) is 18.2. The molecule has 0 aliphatic carbocycles. The van der Waals surface area contributed by atoms with Gasteiger partial charge in [-0.25, -0.2) is 4.98 Å². The molecule has 0 radical (unpaired) electrons. The lowest BCUT2D eigenvalue weighted by Gasteiger charge is -2.09. The van der Waals surface area contributed by atoms with Gasteiger partial charge in [-0.3, -0.25) is 9.59 Å². The van der Waals surface area contributed by atoms with Crippen molar-refractivity contribution in [2.24, 2.45) is 0 Å². The summed E-state index contributed by atoms with van der Waals surface area (Å²) < 4.78 is 12.0. The zero-order valence-corrected chi connectivity index (χ0v) is 15.6. The Labute approximate surface area is 158 Å². The number of amides is 1. The molecule has 0 aliphatic rings. The third-order valence-electron chi connectivity index (χ3n) is 3.33. The molecule has 1 heterocycles. The first-order valence-corrected chi connectivity index (χ1v) is 9.53. The number of thioether (sulfide) groups is 1. The number of thiazole rings is 1. The zero-order chi connectivity index (χ0) is 18.4. The molecule has 3 aromatic rings. The second-order valence-electron chi connectivity index (χ2n) is 5.15. The van der Waals surface area contributed by atoms with Gasteiger partial charge in [-0.1, -0.05) is 36.0 Å². The third-order valence-corrected chi connectivity index (χ3v) is 5.49. The van der Waals surface area contributed by atoms with E-state index >= 15 is 0 Å². The molecule has 1 aromatic heterocycles. The van der Waals surface area contributed by atoms with Crippen LogP contribution in [0.3, 0.4) is 0 Å². The van der Waals surface area contributed by atoms with Crippen LogP contribution in [0.4, 0.5) is 5.69 Å². The van der Waals surface area contributed by atoms with Crippen molar-refractivity contribution < 1.29 is 19.1 Å². The van der Waals surface area contributed by atoms with E-state index in [2.05, 4.69) is 10.3 Å². The summed E-state index contributed by atoms with van der Waals surface area (Å²) in [5, 5.41) is 2.65. The van der Waals surface area contributed by atoms with Crippen LogP contribution in [-0.2, 0) is 14.3 Å². The monoisotopic (exact) mass is 388 g/mol. The predicted octanol–water partition coefficient (Wildman–Crippen LogP) is 3.58. The van der Waals surface area contributed by atoms with E-state index in [1.165, 1.54) is 30.2 Å². The Balaban J connectivity index is 1.45. The molecule has 0 saturated carbocycles. The number of nitrogens with one attached hydrogen (secondary N) is 1. The van der Waals surface area contributed by atoms with Crippen molar-refractivity contribution in [1.29, 1.82) is 0 Å². The van der Waals surface area contributed by atoms with Crippen LogP contribution in [0.5, 0.6) is 5.75 Å². The first-order chi connectivity index (χ1) is 12.7. The minimum absolute atomic E-state index is 0.0990. The summed E-state index contributed by atoms with van der Waals surface area (Å²) in [5.74, 6) is -0.252. The van der Waals surface area contributed by atoms with E-state index in [-0.39, 0.29) is 12.4 Å². The summed E-state index contributed by atoms with van der Waals surface area (Å²) in [6.45, 7) is -0.350. The molecule has 2 aromatic carbocycles. The van der Waals surface area contributed by atoms with E-state index in [0.29, 0.717) is 11.4 Å². The maximum atomic E-state index is 11.9. The highest BCUT2D eigenvalue weighted by Gasteiger charge is 2.12. The standard InChI is InChI=1S/C18H16N2O4S2/c1-23-14-8-4-2-6-12(14)19-16(21)10-24-17(22)11-25-18-20-13-7-3-5-9-15(13)26-18/h2-9H,10-11H2,1H3,(H,19,21). The van der Waals surface area contributed by atoms with Gasteiger partial charge in [-0.15, -0.1) is 11.3 Å². The van der Waals surface area contributed by atoms with Gasteiger partial charge in [0.05, 0.1) is 28.8 Å². The molecule has 0 aliphatic heterocycles. The van der Waals surface area contributed by atoms with E-state index in [0.717, 1.165) is 14.6 Å². The first-order valence-electron chi connectivity index (χ1n) is 7.72. The average Bonchev–Trinajstić information content (AvgIpc) is 3.08. The van der Waals surface area contributed by atoms with E-state index in [4.69, 9.17) is 9.47 Å². The minimum atomic E-state index is -0.468. The summed E-state index contributed by atoms with van der Waals surface area (Å²) in [5.41, 5.74) is 1.43. The molecule has 0 spiro atoms. The van der Waals surface area contributed by atoms with Crippen LogP contribution in [0, 0.1) is 0 Å². The fourth-order valence-corrected chi connectivity index (χ4v) is 4.02. The van der Waals surface area contributed by atoms with Crippen LogP contribution >= 0.6 is 23.1 Å². The molecule has 0 bridgehead atoms. The van der Waals surface area contributed by atoms with Crippen LogP contribution < -0.4 is 10.1 Å². The maximum Gasteiger partial charge on any atom is 0.316 e. The number of para-hydroxylation sites is 3. The number of aromatic nitrogens is 1. The number of rotatable bonds is 7. The van der Waals surface area contributed by atoms with Gasteiger partial charge in [-0.05, 0) is 24.3 Å². The van der Waals surface area contributed by atoms with Gasteiger partial charge in [0.1, 0.15) is 5.75 Å². The van der Waals surface area contributed by atoms with Crippen molar-refractivity contribution in [2.45, 2.75) is 4.34 Å². The highest BCUT2D eigenvalue weighted by molar-refractivity contribution is 8.01. The Morgan fingerprint density at radius 3 is 2.73 bits per heavy atom. The van der Waals surface area contributed by atoms with Crippen molar-refractivity contribution in [3.05, 3.63) is 48.5 Å². The number of nitrogens with zero attached hydrogens (tertiary/aromatic N) is 1. The molecule has 0 saturated heterocycles. The lowest BCUT2D eigenvalue weighted by molar-refractivity contribution is -0.144. The Bertz CT molecular complexity index is 893. The van der Waals surface area contributed by atoms with Gasteiger partial charge >= 0.3 is 5.97 Å². The molecule has 6 nitrogen and oxygen atoms in total. The van der Waals surface area contributed by atoms with Crippen molar-refractivity contribution in [3.63, 3.8) is 0 Å². The molecule has 134 valence electrons. The van der Waals surface area contributed by atoms with Gasteiger partial charge < -0.3 is 14.8 Å². The van der Waals surface area contributed by atoms with Gasteiger partial charge in [0.25, 0.3) is 5.91 Å². The van der Waals surface area contributed by atoms with Crippen molar-refractivity contribution in [2.75, 3.05) is 24.8 Å². The van der Waals surface area contributed by atoms with Gasteiger partial charge in [0.15, 0.2) is 10.9 Å². The molecule has 0 unspecified atom stereocenters. The summed E-state index contributed by atoms with van der Waals surface area (Å²) in [7, 11) is 1.52. The highest BCUT2D eigenvalue weighted by atomic mass is 32.2. The van der Waals surface area contributed by atoms with Gasteiger partial charge in [0, 0.05) is 0 Å². The smallest absolute Gasteiger partial charge is 0.316 e. The molecule has 26 heavy (non-hydrogen) atoms. The highest BCUT2D eigenvalue weighted by Crippen LogP contribution is 2.29. The molecular weight excluding hydrogens is 372 g/mol. The quantitative estimate of drug-likeness (QED) is 0.492. The molecule has 0 atom stereocenters. The number of carbonyl (C=O) groups excluding carboxylic acids is 2. The number of esters is 1. The van der Waals surface area contributed by atoms with Crippen molar-refractivity contribution in [1.82, 2.24) is 4.98 Å². The largest absolute Gasteiger partial charge is 0.495 e. The Morgan fingerprint density at radius 2 is 1.92 bits per heavy atom. The Morgan fingerprint density at radius 1 is 1.15 bits per heavy atom. The molecule has 3 rings (SSSR count). The number of carbonyl (C=O) groups is 2. The lowest BCUT2D eigenvalue weighted by Crippen LogP contribution is -2.21. The SMILES string of the molecule is COc1ccccc1NC(=O)COC(=O)CSc1nc2ccccc2s1. The molecule has 8 heteroatoms. The van der Waals surface area contributed by atoms with Crippen molar-refractivity contribution in [3.8, 4) is 5.75 Å². The number of hydrogen-bond donors (Lipinski definition) is 1. The van der Waals surface area contributed by atoms with E-state index in [9.17, 15) is 9.59 Å². The lowest BCUT2D eigenvalue weighted by atomic mass is 10.3. The number of anilines is 1. The van der Waals surface area contributed by atoms with E-state index in [1.807, 2.05) is 24.3 Å². The van der Waals surface area contributed by atoms with E-state index < -0.39 is 11.9 Å². The maximum absolute atomic E-state index is 11.9. The summed E-state index contributed by atoms with van der Waals surface area (Å²) in [6, 6.07) is 14.8. The number of methoxy groups -OCH3 is 1. The number of benzene rings is 2. The van der Waals surface area contributed by atoms with Crippen LogP contribution in [0.15, 0.2) is 52.9 Å². The summed E-state index contributed by atoms with van der Waals surface area (Å²) in [4.78, 5) is 28.2. The Hall–Kier alpha value is -2.58. The minimum Gasteiger partial charge on any atom is -0.495 e. The van der Waals surface area contributed by atoms with Crippen LogP contribution in [0.1, 0.15) is 0 Å². The fraction of sp³-hybridized carbons (Fsp3) is 0.167. The second kappa shape index (κ2) is 8.68. The number of hydrogen-bond acceptors (Lipinski definition) is 7. The van der Waals surface area contributed by atoms with Crippen LogP contribution in [0.25, 0.3) is 10.2 Å². The van der Waals surface area contributed by atoms with Gasteiger partial charge in [-0.2, -0.15) is 0 Å². The topological polar surface area (TPSA) is 77.5 Å². The molecule has 0 fully saturated rings. The predicted molar refractivity (Wildman–Crippen MR) is 103 cm³/mol. The molecular formula is C18H16N2O4S2. The van der Waals surface area contributed by atoms with Crippen LogP contribution in [-0.4, -0.2) is 36.3 Å². The van der Waals surface area contributed by atoms with Crippen molar-refractivity contribution >= 4 is 50.9 Å². The van der Waals surface area contributed by atoms with Crippen LogP contribution in [0.2, 0.25) is 0 Å². The fourth-order valence-electron chi connectivity index (χ4n) is 2.16. The Kier molecular flexibility index (Phi) is 6.08. The van der Waals surface area contributed by atoms with Gasteiger partial charge in [0.2, 0.25) is 0 Å². The summed E-state index contributed by atoms with van der Waals surface area (Å²) >= 11 is 2.82. The summed E-state index contributed by atoms with van der Waals surface area (Å²) in [6.07, 6.45) is 0. The molecule has 1 N–H and O–H groups in total. The number of fused-ring (bicyclic) bond motifs is 1.